The molecule has 40 heavy (non-hydrogen) atoms. The minimum Gasteiger partial charge on any atom is -0.495 e. The Morgan fingerprint density at radius 1 is 1.12 bits per heavy atom. The second-order valence-electron chi connectivity index (χ2n) is 8.88. The van der Waals surface area contributed by atoms with E-state index in [2.05, 4.69) is 19.8 Å². The zero-order valence-corrected chi connectivity index (χ0v) is 23.5. The summed E-state index contributed by atoms with van der Waals surface area (Å²) in [6, 6.07) is 7.74. The van der Waals surface area contributed by atoms with E-state index in [1.54, 1.807) is 13.0 Å². The Morgan fingerprint density at radius 2 is 1.82 bits per heavy atom. The lowest BCUT2D eigenvalue weighted by molar-refractivity contribution is -0.189. The molecule has 0 radical (unpaired) electrons. The van der Waals surface area contributed by atoms with Gasteiger partial charge in [-0.15, -0.1) is 0 Å². The van der Waals surface area contributed by atoms with Crippen molar-refractivity contribution in [3.05, 3.63) is 47.1 Å². The largest absolute Gasteiger partial charge is 0.495 e. The monoisotopic (exact) mass is 617 g/mol. The zero-order valence-electron chi connectivity index (χ0n) is 21.1. The van der Waals surface area contributed by atoms with Crippen LogP contribution < -0.4 is 19.5 Å². The van der Waals surface area contributed by atoms with Gasteiger partial charge < -0.3 is 14.8 Å². The number of ether oxygens (including phenoxy) is 2. The van der Waals surface area contributed by atoms with Crippen LogP contribution in [0.4, 0.5) is 24.0 Å². The van der Waals surface area contributed by atoms with Crippen LogP contribution in [-0.2, 0) is 19.6 Å². The number of aromatic nitrogens is 1. The highest BCUT2D eigenvalue weighted by Crippen LogP contribution is 2.39. The SMILES string of the molecule is COc1ccc(-c2sc(NC(=O)C3CCCC3)nc2C)cc1S(=O)(=O)Nc1cccc(OC(=O)C(F)(F)F)c1Cl. The molecule has 2 aromatic carbocycles. The molecule has 0 spiro atoms. The Balaban J connectivity index is 1.62. The number of sulfonamides is 1. The van der Waals surface area contributed by atoms with Gasteiger partial charge in [0, 0.05) is 5.92 Å². The Morgan fingerprint density at radius 3 is 2.48 bits per heavy atom. The molecule has 214 valence electrons. The Hall–Kier alpha value is -3.36. The Bertz CT molecular complexity index is 1550. The molecule has 4 rings (SSSR count). The lowest BCUT2D eigenvalue weighted by Crippen LogP contribution is -2.28. The maximum atomic E-state index is 13.4. The fourth-order valence-corrected chi connectivity index (χ4v) is 6.67. The number of alkyl halides is 3. The molecular formula is C25H23ClF3N3O6S2. The van der Waals surface area contributed by atoms with Gasteiger partial charge in [0.2, 0.25) is 5.91 Å². The molecule has 15 heteroatoms. The van der Waals surface area contributed by atoms with Gasteiger partial charge in [-0.1, -0.05) is 41.8 Å². The number of rotatable bonds is 8. The summed E-state index contributed by atoms with van der Waals surface area (Å²) in [6.45, 7) is 1.72. The van der Waals surface area contributed by atoms with E-state index in [0.717, 1.165) is 31.7 Å². The molecule has 1 aliphatic rings. The Labute approximate surface area is 236 Å². The predicted molar refractivity (Wildman–Crippen MR) is 143 cm³/mol. The fraction of sp³-hybridized carbons (Fsp3) is 0.320. The van der Waals surface area contributed by atoms with E-state index in [4.69, 9.17) is 16.3 Å². The average molecular weight is 618 g/mol. The second kappa shape index (κ2) is 11.6. The highest BCUT2D eigenvalue weighted by atomic mass is 35.5. The topological polar surface area (TPSA) is 124 Å². The van der Waals surface area contributed by atoms with Gasteiger partial charge in [0.05, 0.1) is 23.4 Å². The lowest BCUT2D eigenvalue weighted by Gasteiger charge is -2.15. The molecule has 1 amide bonds. The molecule has 0 saturated heterocycles. The van der Waals surface area contributed by atoms with Crippen LogP contribution in [-0.4, -0.2) is 38.6 Å². The minimum absolute atomic E-state index is 0.0241. The summed E-state index contributed by atoms with van der Waals surface area (Å²) in [7, 11) is -3.16. The van der Waals surface area contributed by atoms with Crippen LogP contribution in [0.15, 0.2) is 41.3 Å². The summed E-state index contributed by atoms with van der Waals surface area (Å²) < 4.78 is 76.3. The molecule has 1 fully saturated rings. The number of carbonyl (C=O) groups is 2. The van der Waals surface area contributed by atoms with Crippen molar-refractivity contribution >= 4 is 55.7 Å². The normalized spacial score (nSPS) is 14.2. The molecule has 1 aromatic heterocycles. The van der Waals surface area contributed by atoms with Gasteiger partial charge in [-0.05, 0) is 55.7 Å². The maximum Gasteiger partial charge on any atom is 0.491 e. The van der Waals surface area contributed by atoms with Gasteiger partial charge in [-0.25, -0.2) is 18.2 Å². The number of nitrogens with one attached hydrogen (secondary N) is 2. The van der Waals surface area contributed by atoms with E-state index in [1.807, 2.05) is 0 Å². The van der Waals surface area contributed by atoms with E-state index in [-0.39, 0.29) is 28.2 Å². The van der Waals surface area contributed by atoms with E-state index in [0.29, 0.717) is 21.3 Å². The number of amides is 1. The van der Waals surface area contributed by atoms with Crippen molar-refractivity contribution in [1.82, 2.24) is 4.98 Å². The van der Waals surface area contributed by atoms with Crippen LogP contribution >= 0.6 is 22.9 Å². The van der Waals surface area contributed by atoms with Crippen LogP contribution in [0.2, 0.25) is 5.02 Å². The second-order valence-corrected chi connectivity index (χ2v) is 11.9. The molecular weight excluding hydrogens is 595 g/mol. The van der Waals surface area contributed by atoms with Crippen molar-refractivity contribution in [3.63, 3.8) is 0 Å². The van der Waals surface area contributed by atoms with Crippen molar-refractivity contribution < 1.29 is 40.7 Å². The maximum absolute atomic E-state index is 13.4. The molecule has 9 nitrogen and oxygen atoms in total. The van der Waals surface area contributed by atoms with Crippen LogP contribution in [0.1, 0.15) is 31.4 Å². The van der Waals surface area contributed by atoms with Crippen molar-refractivity contribution in [3.8, 4) is 21.9 Å². The van der Waals surface area contributed by atoms with Crippen molar-refractivity contribution in [2.24, 2.45) is 5.92 Å². The third-order valence-electron chi connectivity index (χ3n) is 6.11. The van der Waals surface area contributed by atoms with Crippen molar-refractivity contribution in [2.75, 3.05) is 17.1 Å². The van der Waals surface area contributed by atoms with Crippen LogP contribution in [0.5, 0.6) is 11.5 Å². The van der Waals surface area contributed by atoms with Gasteiger partial charge in [-0.3, -0.25) is 9.52 Å². The molecule has 0 unspecified atom stereocenters. The van der Waals surface area contributed by atoms with Gasteiger partial charge in [-0.2, -0.15) is 13.2 Å². The van der Waals surface area contributed by atoms with Crippen LogP contribution in [0, 0.1) is 12.8 Å². The molecule has 0 aliphatic heterocycles. The number of benzene rings is 2. The number of nitrogens with zero attached hydrogens (tertiary/aromatic N) is 1. The first-order valence-corrected chi connectivity index (χ1v) is 14.5. The summed E-state index contributed by atoms with van der Waals surface area (Å²) in [5, 5.41) is 2.67. The summed E-state index contributed by atoms with van der Waals surface area (Å²) in [5.74, 6) is -3.37. The number of anilines is 2. The molecule has 3 aromatic rings. The standard InChI is InChI=1S/C25H23ClF3N3O6S2/c1-13-21(39-24(30-13)31-22(33)14-6-3-4-7-14)15-10-11-17(37-2)19(12-15)40(35,36)32-16-8-5-9-18(20(16)26)38-23(34)25(27,28)29/h5,8-12,14,32H,3-4,6-7H2,1-2H3,(H,30,31,33). The highest BCUT2D eigenvalue weighted by molar-refractivity contribution is 7.92. The molecule has 1 aliphatic carbocycles. The summed E-state index contributed by atoms with van der Waals surface area (Å²) in [5.41, 5.74) is 0.708. The molecule has 0 bridgehead atoms. The number of methoxy groups -OCH3 is 1. The number of carbonyl (C=O) groups excluding carboxylic acids is 2. The van der Waals surface area contributed by atoms with E-state index >= 15 is 0 Å². The number of thiazole rings is 1. The van der Waals surface area contributed by atoms with Gasteiger partial charge in [0.15, 0.2) is 10.9 Å². The molecule has 0 atom stereocenters. The van der Waals surface area contributed by atoms with Gasteiger partial charge >= 0.3 is 12.1 Å². The minimum atomic E-state index is -5.28. The predicted octanol–water partition coefficient (Wildman–Crippen LogP) is 6.18. The quantitative estimate of drug-likeness (QED) is 0.229. The number of halogens is 4. The first-order chi connectivity index (χ1) is 18.8. The first-order valence-electron chi connectivity index (χ1n) is 11.9. The third kappa shape index (κ3) is 6.50. The van der Waals surface area contributed by atoms with Gasteiger partial charge in [0.1, 0.15) is 15.7 Å². The average Bonchev–Trinajstić information content (AvgIpc) is 3.55. The number of aryl methyl sites for hydroxylation is 1. The van der Waals surface area contributed by atoms with Crippen molar-refractivity contribution in [2.45, 2.75) is 43.7 Å². The summed E-state index contributed by atoms with van der Waals surface area (Å²) in [4.78, 5) is 28.5. The third-order valence-corrected chi connectivity index (χ3v) is 9.01. The number of hydrogen-bond donors (Lipinski definition) is 2. The fourth-order valence-electron chi connectivity index (χ4n) is 4.17. The number of hydrogen-bond acceptors (Lipinski definition) is 8. The van der Waals surface area contributed by atoms with Gasteiger partial charge in [0.25, 0.3) is 10.0 Å². The highest BCUT2D eigenvalue weighted by Gasteiger charge is 2.41. The van der Waals surface area contributed by atoms with E-state index < -0.39 is 32.9 Å². The van der Waals surface area contributed by atoms with E-state index in [9.17, 15) is 31.2 Å². The van der Waals surface area contributed by atoms with Crippen LogP contribution in [0.25, 0.3) is 10.4 Å². The summed E-state index contributed by atoms with van der Waals surface area (Å²) in [6.07, 6.45) is -1.61. The zero-order chi connectivity index (χ0) is 29.2. The molecule has 2 N–H and O–H groups in total. The van der Waals surface area contributed by atoms with Crippen LogP contribution in [0.3, 0.4) is 0 Å². The molecule has 1 heterocycles. The molecule has 1 saturated carbocycles. The van der Waals surface area contributed by atoms with E-state index in [1.165, 1.54) is 42.7 Å². The van der Waals surface area contributed by atoms with Crippen molar-refractivity contribution in [1.29, 1.82) is 0 Å². The first kappa shape index (κ1) is 29.6. The summed E-state index contributed by atoms with van der Waals surface area (Å²) >= 11 is 7.25. The Kier molecular flexibility index (Phi) is 8.61. The smallest absolute Gasteiger partial charge is 0.491 e. The number of esters is 1. The lowest BCUT2D eigenvalue weighted by atomic mass is 10.1.